The number of carbonyl (C=O) groups is 2. The van der Waals surface area contributed by atoms with Gasteiger partial charge in [-0.25, -0.2) is 0 Å². The molecule has 1 saturated carbocycles. The number of anilines is 1. The van der Waals surface area contributed by atoms with Gasteiger partial charge in [0.25, 0.3) is 5.91 Å². The molecule has 0 unspecified atom stereocenters. The second kappa shape index (κ2) is 7.58. The summed E-state index contributed by atoms with van der Waals surface area (Å²) in [7, 11) is 0. The summed E-state index contributed by atoms with van der Waals surface area (Å²) < 4.78 is 0. The van der Waals surface area contributed by atoms with E-state index in [-0.39, 0.29) is 18.4 Å². The summed E-state index contributed by atoms with van der Waals surface area (Å²) in [4.78, 5) is 28.8. The molecule has 2 N–H and O–H groups in total. The largest absolute Gasteiger partial charge is 0.343 e. The molecule has 2 aromatic carbocycles. The molecule has 0 bridgehead atoms. The van der Waals surface area contributed by atoms with Crippen LogP contribution in [0.3, 0.4) is 0 Å². The lowest BCUT2D eigenvalue weighted by Gasteiger charge is -2.25. The van der Waals surface area contributed by atoms with Crippen molar-refractivity contribution in [2.75, 3.05) is 11.9 Å². The fourth-order valence-corrected chi connectivity index (χ4v) is 3.31. The van der Waals surface area contributed by atoms with Gasteiger partial charge >= 0.3 is 0 Å². The predicted octanol–water partition coefficient (Wildman–Crippen LogP) is 3.87. The van der Waals surface area contributed by atoms with Gasteiger partial charge in [0.05, 0.1) is 17.7 Å². The highest BCUT2D eigenvalue weighted by Gasteiger charge is 2.19. The Kier molecular flexibility index (Phi) is 4.83. The van der Waals surface area contributed by atoms with Crippen LogP contribution in [0.2, 0.25) is 0 Å². The second-order valence-electron chi connectivity index (χ2n) is 6.86. The minimum atomic E-state index is -0.285. The van der Waals surface area contributed by atoms with E-state index in [9.17, 15) is 9.59 Å². The van der Waals surface area contributed by atoms with Crippen LogP contribution in [0.4, 0.5) is 5.69 Å². The molecule has 0 radical (unpaired) electrons. The Morgan fingerprint density at radius 3 is 2.52 bits per heavy atom. The Morgan fingerprint density at radius 2 is 1.78 bits per heavy atom. The number of amides is 2. The highest BCUT2D eigenvalue weighted by atomic mass is 16.2. The van der Waals surface area contributed by atoms with Gasteiger partial charge in [0, 0.05) is 17.1 Å². The van der Waals surface area contributed by atoms with Gasteiger partial charge < -0.3 is 10.6 Å². The Labute approximate surface area is 157 Å². The van der Waals surface area contributed by atoms with Crippen LogP contribution < -0.4 is 10.6 Å². The zero-order valence-corrected chi connectivity index (χ0v) is 14.9. The summed E-state index contributed by atoms with van der Waals surface area (Å²) in [6, 6.07) is 17.1. The van der Waals surface area contributed by atoms with Crippen molar-refractivity contribution in [3.63, 3.8) is 0 Å². The van der Waals surface area contributed by atoms with Crippen LogP contribution in [0, 0.1) is 0 Å². The fourth-order valence-electron chi connectivity index (χ4n) is 3.31. The number of benzene rings is 2. The number of nitrogens with zero attached hydrogens (tertiary/aromatic N) is 1. The molecule has 1 aliphatic rings. The second-order valence-corrected chi connectivity index (χ2v) is 6.86. The summed E-state index contributed by atoms with van der Waals surface area (Å²) in [5.74, 6) is 0.108. The first kappa shape index (κ1) is 17.2. The van der Waals surface area contributed by atoms with E-state index in [1.165, 1.54) is 24.8 Å². The third kappa shape index (κ3) is 3.82. The first-order chi connectivity index (χ1) is 13.2. The van der Waals surface area contributed by atoms with E-state index in [4.69, 9.17) is 0 Å². The molecule has 3 aromatic rings. The van der Waals surface area contributed by atoms with E-state index < -0.39 is 0 Å². The zero-order chi connectivity index (χ0) is 18.6. The van der Waals surface area contributed by atoms with Crippen LogP contribution in [0.1, 0.15) is 41.1 Å². The molecule has 136 valence electrons. The molecular formula is C22H21N3O2. The van der Waals surface area contributed by atoms with Gasteiger partial charge in [-0.1, -0.05) is 36.8 Å². The summed E-state index contributed by atoms with van der Waals surface area (Å²) >= 11 is 0. The van der Waals surface area contributed by atoms with Crippen LogP contribution in [-0.4, -0.2) is 23.3 Å². The average molecular weight is 359 g/mol. The van der Waals surface area contributed by atoms with Gasteiger partial charge in [-0.05, 0) is 48.6 Å². The Balaban J connectivity index is 1.35. The lowest BCUT2D eigenvalue weighted by molar-refractivity contribution is -0.115. The fraction of sp³-hybridized carbons (Fsp3) is 0.227. The van der Waals surface area contributed by atoms with Crippen molar-refractivity contribution in [1.29, 1.82) is 0 Å². The molecule has 0 atom stereocenters. The smallest absolute Gasteiger partial charge is 0.251 e. The minimum Gasteiger partial charge on any atom is -0.343 e. The van der Waals surface area contributed by atoms with E-state index in [2.05, 4.69) is 15.6 Å². The van der Waals surface area contributed by atoms with Crippen molar-refractivity contribution in [3.05, 3.63) is 71.9 Å². The third-order valence-corrected chi connectivity index (χ3v) is 5.07. The average Bonchev–Trinajstić information content (AvgIpc) is 2.66. The van der Waals surface area contributed by atoms with Gasteiger partial charge in [-0.15, -0.1) is 0 Å². The molecule has 27 heavy (non-hydrogen) atoms. The van der Waals surface area contributed by atoms with Crippen molar-refractivity contribution >= 4 is 28.4 Å². The molecule has 0 aliphatic heterocycles. The molecule has 1 heterocycles. The van der Waals surface area contributed by atoms with E-state index in [1.54, 1.807) is 12.3 Å². The highest BCUT2D eigenvalue weighted by molar-refractivity contribution is 6.03. The van der Waals surface area contributed by atoms with Crippen molar-refractivity contribution in [3.8, 4) is 0 Å². The maximum atomic E-state index is 12.3. The maximum Gasteiger partial charge on any atom is 0.251 e. The Morgan fingerprint density at radius 1 is 1.00 bits per heavy atom. The Bertz CT molecular complexity index is 973. The number of carbonyl (C=O) groups excluding carboxylic acids is 2. The minimum absolute atomic E-state index is 0.0908. The van der Waals surface area contributed by atoms with Crippen molar-refractivity contribution < 1.29 is 9.59 Å². The van der Waals surface area contributed by atoms with Crippen molar-refractivity contribution in [1.82, 2.24) is 10.3 Å². The number of aromatic nitrogens is 1. The molecule has 5 heteroatoms. The summed E-state index contributed by atoms with van der Waals surface area (Å²) in [6.07, 6.45) is 5.44. The zero-order valence-electron chi connectivity index (χ0n) is 14.9. The first-order valence-electron chi connectivity index (χ1n) is 9.22. The number of hydrogen-bond acceptors (Lipinski definition) is 3. The summed E-state index contributed by atoms with van der Waals surface area (Å²) in [5.41, 5.74) is 3.22. The predicted molar refractivity (Wildman–Crippen MR) is 106 cm³/mol. The van der Waals surface area contributed by atoms with E-state index in [0.29, 0.717) is 17.2 Å². The maximum absolute atomic E-state index is 12.3. The molecule has 0 saturated heterocycles. The van der Waals surface area contributed by atoms with Gasteiger partial charge in [0.2, 0.25) is 5.91 Å². The molecule has 0 spiro atoms. The number of pyridine rings is 1. The van der Waals surface area contributed by atoms with Crippen molar-refractivity contribution in [2.24, 2.45) is 0 Å². The number of fused-ring (bicyclic) bond motifs is 1. The normalized spacial score (nSPS) is 13.8. The number of rotatable bonds is 5. The topological polar surface area (TPSA) is 71.1 Å². The summed E-state index contributed by atoms with van der Waals surface area (Å²) in [6.45, 7) is -0.0908. The summed E-state index contributed by atoms with van der Waals surface area (Å²) in [5, 5.41) is 6.44. The molecule has 5 nitrogen and oxygen atoms in total. The lowest BCUT2D eigenvalue weighted by Crippen LogP contribution is -2.32. The van der Waals surface area contributed by atoms with Crippen LogP contribution in [0.5, 0.6) is 0 Å². The van der Waals surface area contributed by atoms with Gasteiger partial charge in [0.15, 0.2) is 0 Å². The highest BCUT2D eigenvalue weighted by Crippen LogP contribution is 2.36. The first-order valence-corrected chi connectivity index (χ1v) is 9.22. The molecular weight excluding hydrogens is 338 g/mol. The quantitative estimate of drug-likeness (QED) is 0.726. The monoisotopic (exact) mass is 359 g/mol. The van der Waals surface area contributed by atoms with Gasteiger partial charge in [0.1, 0.15) is 0 Å². The molecule has 1 aromatic heterocycles. The van der Waals surface area contributed by atoms with Crippen molar-refractivity contribution in [2.45, 2.75) is 25.2 Å². The van der Waals surface area contributed by atoms with Crippen LogP contribution in [-0.2, 0) is 4.79 Å². The Hall–Kier alpha value is -3.21. The van der Waals surface area contributed by atoms with Crippen LogP contribution in [0.25, 0.3) is 10.9 Å². The standard InChI is InChI=1S/C22H21N3O2/c26-20(25-19-8-2-6-17-7-3-13-23-21(17)19)14-24-22(27)18-11-9-16(10-12-18)15-4-1-5-15/h2-3,6-13,15H,1,4-5,14H2,(H,24,27)(H,25,26). The number of para-hydroxylation sites is 1. The molecule has 1 fully saturated rings. The van der Waals surface area contributed by atoms with E-state index in [1.807, 2.05) is 48.5 Å². The van der Waals surface area contributed by atoms with Gasteiger partial charge in [-0.3, -0.25) is 14.6 Å². The number of hydrogen-bond donors (Lipinski definition) is 2. The number of nitrogens with one attached hydrogen (secondary N) is 2. The molecule has 4 rings (SSSR count). The molecule has 1 aliphatic carbocycles. The third-order valence-electron chi connectivity index (χ3n) is 5.07. The van der Waals surface area contributed by atoms with Crippen LogP contribution >= 0.6 is 0 Å². The molecule has 2 amide bonds. The van der Waals surface area contributed by atoms with Crippen LogP contribution in [0.15, 0.2) is 60.8 Å². The van der Waals surface area contributed by atoms with Gasteiger partial charge in [-0.2, -0.15) is 0 Å². The lowest BCUT2D eigenvalue weighted by atomic mass is 9.80. The van der Waals surface area contributed by atoms with E-state index in [0.717, 1.165) is 10.9 Å². The SMILES string of the molecule is O=C(CNC(=O)c1ccc(C2CCC2)cc1)Nc1cccc2cccnc12. The van der Waals surface area contributed by atoms with E-state index >= 15 is 0 Å².